The van der Waals surface area contributed by atoms with Gasteiger partial charge in [-0.3, -0.25) is 9.59 Å². The number of nitrogens with one attached hydrogen (secondary N) is 1. The lowest BCUT2D eigenvalue weighted by Crippen LogP contribution is -2.83. The summed E-state index contributed by atoms with van der Waals surface area (Å²) in [4.78, 5) is 51.8. The third kappa shape index (κ3) is 4.64. The summed E-state index contributed by atoms with van der Waals surface area (Å²) in [5.41, 5.74) is -1.96. The molecule has 0 radical (unpaired) electrons. The van der Waals surface area contributed by atoms with Gasteiger partial charge in [-0.05, 0) is 31.5 Å². The number of alkyl halides is 3. The van der Waals surface area contributed by atoms with Crippen molar-refractivity contribution in [2.75, 3.05) is 6.61 Å². The molecule has 2 fully saturated rings. The average molecular weight is 542 g/mol. The molecule has 1 aromatic carbocycles. The van der Waals surface area contributed by atoms with E-state index in [1.807, 2.05) is 0 Å². The molecule has 2 aliphatic rings. The zero-order chi connectivity index (χ0) is 24.9. The fourth-order valence-corrected chi connectivity index (χ4v) is 5.65. The molecular weight excluding hydrogens is 523 g/mol. The molecular formula is C19H19Cl3N2O8S. The number of phenols is 2. The number of β-lactam (4-membered cyclic amide) rings is 1. The Morgan fingerprint density at radius 3 is 2.39 bits per heavy atom. The zero-order valence-corrected chi connectivity index (χ0v) is 20.3. The summed E-state index contributed by atoms with van der Waals surface area (Å²) < 4.78 is 2.04. The third-order valence-corrected chi connectivity index (χ3v) is 7.17. The van der Waals surface area contributed by atoms with E-state index in [2.05, 4.69) is 5.32 Å². The Balaban J connectivity index is 1.91. The molecule has 2 heterocycles. The quantitative estimate of drug-likeness (QED) is 0.138. The summed E-state index contributed by atoms with van der Waals surface area (Å²) in [5, 5.41) is 30.0. The highest BCUT2D eigenvalue weighted by Gasteiger charge is 2.76. The van der Waals surface area contributed by atoms with E-state index >= 15 is 0 Å². The number of carboxylic acids is 1. The highest BCUT2D eigenvalue weighted by molar-refractivity contribution is 8.01. The predicted octanol–water partition coefficient (Wildman–Crippen LogP) is 1.56. The minimum absolute atomic E-state index is 0.277. The summed E-state index contributed by atoms with van der Waals surface area (Å²) >= 11 is 17.9. The Labute approximate surface area is 207 Å². The standard InChI is InChI=1S/C19H19Cl3N2O8S/c1-17(2)12(13(28)29)24-14(30)19(15(24)33-17,16(31)32-7-18(20,21)22)23-11(27)6-8-3-4-9(25)10(26)5-8/h3-5,12,15,25-26H,6-7H2,1-2H3,(H,23,27)(H,28,29)/t12-,15+,19-/m0/s1. The molecule has 2 saturated heterocycles. The van der Waals surface area contributed by atoms with Crippen molar-refractivity contribution in [3.63, 3.8) is 0 Å². The lowest BCUT2D eigenvalue weighted by atomic mass is 9.84. The van der Waals surface area contributed by atoms with E-state index in [0.717, 1.165) is 22.7 Å². The molecule has 2 aliphatic heterocycles. The van der Waals surface area contributed by atoms with E-state index in [9.17, 15) is 34.5 Å². The largest absolute Gasteiger partial charge is 0.504 e. The maximum atomic E-state index is 13.2. The Hall–Kier alpha value is -2.08. The number of hydrogen-bond donors (Lipinski definition) is 4. The van der Waals surface area contributed by atoms with Crippen LogP contribution in [0.3, 0.4) is 0 Å². The number of carbonyl (C=O) groups is 4. The number of carbonyl (C=O) groups excluding carboxylic acids is 3. The molecule has 0 unspecified atom stereocenters. The first-order valence-corrected chi connectivity index (χ1v) is 11.4. The molecule has 180 valence electrons. The third-order valence-electron chi connectivity index (χ3n) is 5.21. The molecule has 1 aromatic rings. The Morgan fingerprint density at radius 2 is 1.85 bits per heavy atom. The molecule has 0 spiro atoms. The van der Waals surface area contributed by atoms with Gasteiger partial charge in [-0.1, -0.05) is 40.9 Å². The SMILES string of the molecule is CC1(C)S[C@H]2N(C(=O)[C@@]2(NC(=O)Cc2ccc(O)c(O)c2)C(=O)OCC(Cl)(Cl)Cl)[C@H]1C(=O)O. The summed E-state index contributed by atoms with van der Waals surface area (Å²) in [5.74, 6) is -5.07. The normalized spacial score (nSPS) is 25.7. The lowest BCUT2D eigenvalue weighted by molar-refractivity contribution is -0.181. The van der Waals surface area contributed by atoms with Gasteiger partial charge in [0, 0.05) is 4.75 Å². The van der Waals surface area contributed by atoms with Crippen LogP contribution < -0.4 is 5.32 Å². The predicted molar refractivity (Wildman–Crippen MR) is 119 cm³/mol. The minimum atomic E-state index is -2.24. The number of aromatic hydroxyl groups is 2. The maximum Gasteiger partial charge on any atom is 0.345 e. The van der Waals surface area contributed by atoms with Gasteiger partial charge in [-0.15, -0.1) is 11.8 Å². The number of amides is 2. The summed E-state index contributed by atoms with van der Waals surface area (Å²) in [6.07, 6.45) is -0.371. The van der Waals surface area contributed by atoms with Crippen LogP contribution in [0.2, 0.25) is 0 Å². The molecule has 3 rings (SSSR count). The van der Waals surface area contributed by atoms with E-state index in [1.165, 1.54) is 12.1 Å². The van der Waals surface area contributed by atoms with Gasteiger partial charge in [0.2, 0.25) is 15.2 Å². The molecule has 0 aliphatic carbocycles. The van der Waals surface area contributed by atoms with E-state index < -0.39 is 61.6 Å². The topological polar surface area (TPSA) is 153 Å². The fraction of sp³-hybridized carbons (Fsp3) is 0.474. The number of thioether (sulfide) groups is 1. The highest BCUT2D eigenvalue weighted by atomic mass is 35.6. The number of hydrogen-bond acceptors (Lipinski definition) is 8. The first-order chi connectivity index (χ1) is 15.1. The number of phenolic OH excluding ortho intramolecular Hbond substituents is 2. The van der Waals surface area contributed by atoms with Crippen molar-refractivity contribution in [1.82, 2.24) is 10.2 Å². The summed E-state index contributed by atoms with van der Waals surface area (Å²) in [6.45, 7) is 2.48. The van der Waals surface area contributed by atoms with Gasteiger partial charge < -0.3 is 30.3 Å². The fourth-order valence-electron chi connectivity index (χ4n) is 3.80. The zero-order valence-electron chi connectivity index (χ0n) is 17.2. The first kappa shape index (κ1) is 25.5. The highest BCUT2D eigenvalue weighted by Crippen LogP contribution is 2.55. The summed E-state index contributed by atoms with van der Waals surface area (Å²) in [6, 6.07) is 2.43. The minimum Gasteiger partial charge on any atom is -0.504 e. The second-order valence-corrected chi connectivity index (χ2v) is 12.3. The second-order valence-electron chi connectivity index (χ2n) is 8.07. The van der Waals surface area contributed by atoms with Crippen LogP contribution in [0.5, 0.6) is 11.5 Å². The number of rotatable bonds is 6. The van der Waals surface area contributed by atoms with Gasteiger partial charge in [-0.2, -0.15) is 0 Å². The number of fused-ring (bicyclic) bond motifs is 1. The number of aliphatic carboxylic acids is 1. The van der Waals surface area contributed by atoms with Gasteiger partial charge in [0.25, 0.3) is 5.91 Å². The first-order valence-electron chi connectivity index (χ1n) is 9.39. The van der Waals surface area contributed by atoms with Crippen molar-refractivity contribution in [1.29, 1.82) is 0 Å². The van der Waals surface area contributed by atoms with Crippen molar-refractivity contribution in [3.05, 3.63) is 23.8 Å². The number of nitrogens with zero attached hydrogens (tertiary/aromatic N) is 1. The number of carboxylic acid groups (broad SMARTS) is 1. The van der Waals surface area contributed by atoms with Gasteiger partial charge in [0.05, 0.1) is 6.42 Å². The molecule has 4 N–H and O–H groups in total. The van der Waals surface area contributed by atoms with Crippen molar-refractivity contribution >= 4 is 70.3 Å². The number of ether oxygens (including phenoxy) is 1. The van der Waals surface area contributed by atoms with Crippen molar-refractivity contribution in [2.45, 2.75) is 45.8 Å². The van der Waals surface area contributed by atoms with Gasteiger partial charge in [0.1, 0.15) is 18.0 Å². The van der Waals surface area contributed by atoms with Crippen LogP contribution in [-0.2, 0) is 30.3 Å². The molecule has 33 heavy (non-hydrogen) atoms. The number of benzene rings is 1. The molecule has 2 amide bonds. The van der Waals surface area contributed by atoms with Crippen molar-refractivity contribution < 1.29 is 39.2 Å². The Kier molecular flexibility index (Phi) is 6.66. The molecule has 0 bridgehead atoms. The molecule has 0 saturated carbocycles. The van der Waals surface area contributed by atoms with E-state index in [0.29, 0.717) is 0 Å². The van der Waals surface area contributed by atoms with Crippen LogP contribution in [0, 0.1) is 0 Å². The van der Waals surface area contributed by atoms with Crippen molar-refractivity contribution in [3.8, 4) is 11.5 Å². The Bertz CT molecular complexity index is 1030. The van der Waals surface area contributed by atoms with Gasteiger partial charge in [0.15, 0.2) is 11.5 Å². The molecule has 0 aromatic heterocycles. The average Bonchev–Trinajstić information content (AvgIpc) is 2.95. The molecule has 14 heteroatoms. The maximum absolute atomic E-state index is 13.2. The van der Waals surface area contributed by atoms with Crippen LogP contribution in [-0.4, -0.2) is 76.1 Å². The van der Waals surface area contributed by atoms with E-state index in [4.69, 9.17) is 39.5 Å². The summed E-state index contributed by atoms with van der Waals surface area (Å²) in [7, 11) is 0. The monoisotopic (exact) mass is 540 g/mol. The molecule has 10 nitrogen and oxygen atoms in total. The van der Waals surface area contributed by atoms with Crippen LogP contribution in [0.25, 0.3) is 0 Å². The van der Waals surface area contributed by atoms with Gasteiger partial charge >= 0.3 is 11.9 Å². The smallest absolute Gasteiger partial charge is 0.345 e. The van der Waals surface area contributed by atoms with Crippen LogP contribution in [0.1, 0.15) is 19.4 Å². The Morgan fingerprint density at radius 1 is 1.21 bits per heavy atom. The number of esters is 1. The molecule has 3 atom stereocenters. The second kappa shape index (κ2) is 8.61. The van der Waals surface area contributed by atoms with Crippen LogP contribution >= 0.6 is 46.6 Å². The van der Waals surface area contributed by atoms with Crippen LogP contribution in [0.4, 0.5) is 0 Å². The lowest BCUT2D eigenvalue weighted by Gasteiger charge is -2.50. The van der Waals surface area contributed by atoms with E-state index in [-0.39, 0.29) is 17.7 Å². The van der Waals surface area contributed by atoms with Crippen LogP contribution in [0.15, 0.2) is 18.2 Å². The number of halogens is 3. The van der Waals surface area contributed by atoms with E-state index in [1.54, 1.807) is 13.8 Å². The van der Waals surface area contributed by atoms with Crippen molar-refractivity contribution in [2.24, 2.45) is 0 Å². The van der Waals surface area contributed by atoms with Gasteiger partial charge in [-0.25, -0.2) is 9.59 Å².